The second-order valence-corrected chi connectivity index (χ2v) is 10.2. The van der Waals surface area contributed by atoms with Crippen LogP contribution in [0.5, 0.6) is 0 Å². The molecule has 1 aliphatic heterocycles. The van der Waals surface area contributed by atoms with Crippen molar-refractivity contribution in [2.75, 3.05) is 37.6 Å². The second kappa shape index (κ2) is 10.2. The molecule has 2 aliphatic rings. The number of urea groups is 1. The summed E-state index contributed by atoms with van der Waals surface area (Å²) in [6, 6.07) is 0.0754. The number of amides is 2. The number of rotatable bonds is 7. The Balaban J connectivity index is 1.57. The van der Waals surface area contributed by atoms with Crippen LogP contribution in [0, 0.1) is 5.92 Å². The molecule has 0 radical (unpaired) electrons. The number of thiophene rings is 1. The lowest BCUT2D eigenvalue weighted by Crippen LogP contribution is -2.52. The minimum absolute atomic E-state index is 0.0754. The van der Waals surface area contributed by atoms with Gasteiger partial charge in [-0.25, -0.2) is 14.8 Å². The van der Waals surface area contributed by atoms with Crippen molar-refractivity contribution in [3.05, 3.63) is 16.3 Å². The maximum Gasteiger partial charge on any atom is 0.317 e. The molecule has 1 fully saturated rings. The van der Waals surface area contributed by atoms with E-state index in [0.717, 1.165) is 88.8 Å². The molecule has 1 aliphatic carbocycles. The highest BCUT2D eigenvalue weighted by atomic mass is 32.1. The van der Waals surface area contributed by atoms with Crippen molar-refractivity contribution in [2.45, 2.75) is 72.1 Å². The van der Waals surface area contributed by atoms with Crippen molar-refractivity contribution in [3.63, 3.8) is 0 Å². The van der Waals surface area contributed by atoms with E-state index in [0.29, 0.717) is 0 Å². The van der Waals surface area contributed by atoms with E-state index in [1.165, 1.54) is 33.5 Å². The van der Waals surface area contributed by atoms with Crippen molar-refractivity contribution in [3.8, 4) is 0 Å². The number of piperazine rings is 1. The molecule has 3 heterocycles. The van der Waals surface area contributed by atoms with E-state index in [-0.39, 0.29) is 6.03 Å². The van der Waals surface area contributed by atoms with E-state index in [2.05, 4.69) is 31.0 Å². The number of fused-ring (bicyclic) bond motifs is 3. The van der Waals surface area contributed by atoms with E-state index in [4.69, 9.17) is 9.97 Å². The maximum atomic E-state index is 12.5. The van der Waals surface area contributed by atoms with Gasteiger partial charge in [0.05, 0.1) is 5.39 Å². The van der Waals surface area contributed by atoms with E-state index in [1.54, 1.807) is 0 Å². The molecule has 0 aromatic carbocycles. The zero-order chi connectivity index (χ0) is 21.8. The minimum Gasteiger partial charge on any atom is -0.352 e. The van der Waals surface area contributed by atoms with Gasteiger partial charge in [-0.15, -0.1) is 11.3 Å². The molecule has 0 spiro atoms. The predicted molar refractivity (Wildman–Crippen MR) is 129 cm³/mol. The Hall–Kier alpha value is -1.89. The van der Waals surface area contributed by atoms with Gasteiger partial charge < -0.3 is 15.1 Å². The summed E-state index contributed by atoms with van der Waals surface area (Å²) in [7, 11) is 0. The predicted octanol–water partition coefficient (Wildman–Crippen LogP) is 4.79. The summed E-state index contributed by atoms with van der Waals surface area (Å²) >= 11 is 1.89. The number of aromatic nitrogens is 2. The first-order valence-corrected chi connectivity index (χ1v) is 13.0. The summed E-state index contributed by atoms with van der Waals surface area (Å²) in [6.45, 7) is 10.7. The summed E-state index contributed by atoms with van der Waals surface area (Å²) in [6.07, 6.45) is 8.92. The standard InChI is InChI=1S/C24H37N5OS/c1-4-6-8-20-26-22(21-18-10-9-17(3)16-19(18)31-23(21)27-20)28-12-14-29(15-13-28)24(30)25-11-7-5-2/h17H,4-16H2,1-3H3,(H,25,30)/t17-/m0/s1. The van der Waals surface area contributed by atoms with Gasteiger partial charge in [0.2, 0.25) is 0 Å². The molecule has 6 nitrogen and oxygen atoms in total. The summed E-state index contributed by atoms with van der Waals surface area (Å²) in [5, 5.41) is 4.35. The van der Waals surface area contributed by atoms with Crippen LogP contribution in [-0.4, -0.2) is 53.6 Å². The van der Waals surface area contributed by atoms with Crippen molar-refractivity contribution >= 4 is 33.4 Å². The fourth-order valence-electron chi connectivity index (χ4n) is 4.65. The molecule has 0 unspecified atom stereocenters. The van der Waals surface area contributed by atoms with E-state index >= 15 is 0 Å². The molecule has 1 saturated heterocycles. The molecular formula is C24H37N5OS. The summed E-state index contributed by atoms with van der Waals surface area (Å²) in [4.78, 5) is 29.6. The van der Waals surface area contributed by atoms with Crippen LogP contribution in [-0.2, 0) is 19.3 Å². The van der Waals surface area contributed by atoms with Gasteiger partial charge in [0.25, 0.3) is 0 Å². The number of nitrogens with zero attached hydrogens (tertiary/aromatic N) is 4. The second-order valence-electron chi connectivity index (χ2n) is 9.16. The van der Waals surface area contributed by atoms with Crippen LogP contribution in [0.2, 0.25) is 0 Å². The molecular weight excluding hydrogens is 406 g/mol. The first-order valence-electron chi connectivity index (χ1n) is 12.2. The quantitative estimate of drug-likeness (QED) is 0.625. The smallest absolute Gasteiger partial charge is 0.317 e. The van der Waals surface area contributed by atoms with Gasteiger partial charge >= 0.3 is 6.03 Å². The van der Waals surface area contributed by atoms with Gasteiger partial charge in [0.15, 0.2) is 0 Å². The van der Waals surface area contributed by atoms with E-state index in [1.807, 2.05) is 16.2 Å². The van der Waals surface area contributed by atoms with Crippen molar-refractivity contribution < 1.29 is 4.79 Å². The fraction of sp³-hybridized carbons (Fsp3) is 0.708. The number of anilines is 1. The minimum atomic E-state index is 0.0754. The van der Waals surface area contributed by atoms with Crippen molar-refractivity contribution in [1.29, 1.82) is 0 Å². The highest BCUT2D eigenvalue weighted by molar-refractivity contribution is 7.19. The average Bonchev–Trinajstić information content (AvgIpc) is 3.14. The Kier molecular flexibility index (Phi) is 7.31. The van der Waals surface area contributed by atoms with Gasteiger partial charge in [-0.3, -0.25) is 0 Å². The van der Waals surface area contributed by atoms with Crippen LogP contribution < -0.4 is 10.2 Å². The lowest BCUT2D eigenvalue weighted by Gasteiger charge is -2.36. The number of aryl methyl sites for hydroxylation is 2. The third kappa shape index (κ3) is 4.97. The number of nitrogens with one attached hydrogen (secondary N) is 1. The summed E-state index contributed by atoms with van der Waals surface area (Å²) < 4.78 is 0. The molecule has 2 amide bonds. The maximum absolute atomic E-state index is 12.5. The molecule has 2 aromatic heterocycles. The topological polar surface area (TPSA) is 61.4 Å². The van der Waals surface area contributed by atoms with Crippen LogP contribution in [0.4, 0.5) is 10.6 Å². The highest BCUT2D eigenvalue weighted by Gasteiger charge is 2.28. The number of unbranched alkanes of at least 4 members (excludes halogenated alkanes) is 2. The molecule has 2 aromatic rings. The molecule has 4 rings (SSSR count). The molecule has 7 heteroatoms. The highest BCUT2D eigenvalue weighted by Crippen LogP contribution is 2.41. The molecule has 1 atom stereocenters. The van der Waals surface area contributed by atoms with Crippen molar-refractivity contribution in [1.82, 2.24) is 20.2 Å². The fourth-order valence-corrected chi connectivity index (χ4v) is 6.04. The Morgan fingerprint density at radius 2 is 1.90 bits per heavy atom. The van der Waals surface area contributed by atoms with Crippen LogP contribution in [0.3, 0.4) is 0 Å². The van der Waals surface area contributed by atoms with Crippen LogP contribution >= 0.6 is 11.3 Å². The molecule has 170 valence electrons. The lowest BCUT2D eigenvalue weighted by atomic mass is 9.89. The summed E-state index contributed by atoms with van der Waals surface area (Å²) in [5.41, 5.74) is 1.50. The van der Waals surface area contributed by atoms with Gasteiger partial charge in [-0.2, -0.15) is 0 Å². The van der Waals surface area contributed by atoms with E-state index < -0.39 is 0 Å². The zero-order valence-electron chi connectivity index (χ0n) is 19.4. The van der Waals surface area contributed by atoms with Crippen LogP contribution in [0.25, 0.3) is 10.2 Å². The monoisotopic (exact) mass is 443 g/mol. The molecule has 0 bridgehead atoms. The summed E-state index contributed by atoms with van der Waals surface area (Å²) in [5.74, 6) is 2.86. The van der Waals surface area contributed by atoms with Gasteiger partial charge in [-0.05, 0) is 43.6 Å². The third-order valence-corrected chi connectivity index (χ3v) is 7.76. The first-order chi connectivity index (χ1) is 15.1. The normalized spacial score (nSPS) is 19.0. The Bertz CT molecular complexity index is 903. The van der Waals surface area contributed by atoms with Gasteiger partial charge in [-0.1, -0.05) is 33.6 Å². The van der Waals surface area contributed by atoms with Crippen LogP contribution in [0.1, 0.15) is 69.1 Å². The van der Waals surface area contributed by atoms with Crippen LogP contribution in [0.15, 0.2) is 0 Å². The Labute approximate surface area is 190 Å². The Morgan fingerprint density at radius 1 is 1.13 bits per heavy atom. The molecule has 1 N–H and O–H groups in total. The number of carbonyl (C=O) groups excluding carboxylic acids is 1. The largest absolute Gasteiger partial charge is 0.352 e. The average molecular weight is 444 g/mol. The number of hydrogen-bond donors (Lipinski definition) is 1. The lowest BCUT2D eigenvalue weighted by molar-refractivity contribution is 0.194. The zero-order valence-corrected chi connectivity index (χ0v) is 20.2. The van der Waals surface area contributed by atoms with E-state index in [9.17, 15) is 4.79 Å². The van der Waals surface area contributed by atoms with Gasteiger partial charge in [0, 0.05) is 44.0 Å². The SMILES string of the molecule is CCCCNC(=O)N1CCN(c2nc(CCCC)nc3sc4c(c23)CC[C@H](C)C4)CC1. The number of hydrogen-bond acceptors (Lipinski definition) is 5. The number of carbonyl (C=O) groups is 1. The van der Waals surface area contributed by atoms with Crippen molar-refractivity contribution in [2.24, 2.45) is 5.92 Å². The van der Waals surface area contributed by atoms with Gasteiger partial charge in [0.1, 0.15) is 16.5 Å². The molecule has 31 heavy (non-hydrogen) atoms. The first kappa shape index (κ1) is 22.3. The Morgan fingerprint density at radius 3 is 2.65 bits per heavy atom. The molecule has 0 saturated carbocycles. The third-order valence-electron chi connectivity index (χ3n) is 6.61.